The number of likely N-dealkylation sites (N-methyl/N-ethyl adjacent to an activating group) is 1. The summed E-state index contributed by atoms with van der Waals surface area (Å²) in [6.45, 7) is 1.85. The number of anilines is 1. The van der Waals surface area contributed by atoms with Gasteiger partial charge in [0.2, 0.25) is 10.0 Å². The molecule has 1 spiro atoms. The normalized spacial score (nSPS) is 23.8. The van der Waals surface area contributed by atoms with E-state index in [-0.39, 0.29) is 29.3 Å². The monoisotopic (exact) mass is 549 g/mol. The van der Waals surface area contributed by atoms with Gasteiger partial charge in [-0.2, -0.15) is 0 Å². The molecule has 1 aromatic carbocycles. The molecule has 3 aliphatic rings. The molecule has 3 aliphatic heterocycles. The third kappa shape index (κ3) is 3.82. The zero-order valence-corrected chi connectivity index (χ0v) is 23.0. The Bertz CT molecular complexity index is 1350. The Hall–Kier alpha value is -3.61. The first kappa shape index (κ1) is 27.4. The predicted molar refractivity (Wildman–Crippen MR) is 136 cm³/mol. The molecule has 206 valence electrons. The van der Waals surface area contributed by atoms with Crippen LogP contribution in [0.5, 0.6) is 5.75 Å². The van der Waals surface area contributed by atoms with Gasteiger partial charge in [0.25, 0.3) is 0 Å². The summed E-state index contributed by atoms with van der Waals surface area (Å²) in [4.78, 5) is 45.5. The number of fused-ring (bicyclic) bond motifs is 1. The lowest BCUT2D eigenvalue weighted by atomic mass is 9.69. The van der Waals surface area contributed by atoms with E-state index in [1.54, 1.807) is 30.1 Å². The number of carbonyl (C=O) groups is 3. The molecule has 0 saturated carbocycles. The first-order valence-corrected chi connectivity index (χ1v) is 13.7. The van der Waals surface area contributed by atoms with Crippen molar-refractivity contribution in [1.82, 2.24) is 4.31 Å². The van der Waals surface area contributed by atoms with E-state index < -0.39 is 45.4 Å². The maximum atomic E-state index is 13.8. The molecule has 3 atom stereocenters. The molecule has 12 nitrogen and oxygen atoms in total. The second-order valence-electron chi connectivity index (χ2n) is 9.26. The number of rotatable bonds is 8. The summed E-state index contributed by atoms with van der Waals surface area (Å²) in [5.74, 6) is -2.38. The van der Waals surface area contributed by atoms with Crippen molar-refractivity contribution in [1.29, 1.82) is 0 Å². The Morgan fingerprint density at radius 1 is 1.08 bits per heavy atom. The van der Waals surface area contributed by atoms with Crippen LogP contribution in [0.3, 0.4) is 0 Å². The van der Waals surface area contributed by atoms with Crippen molar-refractivity contribution in [2.24, 2.45) is 4.99 Å². The summed E-state index contributed by atoms with van der Waals surface area (Å²) in [6, 6.07) is 3.00. The van der Waals surface area contributed by atoms with E-state index in [2.05, 4.69) is 4.99 Å². The van der Waals surface area contributed by atoms with E-state index in [0.717, 1.165) is 11.4 Å². The van der Waals surface area contributed by atoms with E-state index in [1.807, 2.05) is 6.92 Å². The van der Waals surface area contributed by atoms with Crippen LogP contribution in [0.1, 0.15) is 31.7 Å². The van der Waals surface area contributed by atoms with E-state index in [1.165, 1.54) is 21.3 Å². The van der Waals surface area contributed by atoms with Crippen LogP contribution in [0.4, 0.5) is 5.69 Å². The summed E-state index contributed by atoms with van der Waals surface area (Å²) in [7, 11) is 2.58. The van der Waals surface area contributed by atoms with Gasteiger partial charge in [0.15, 0.2) is 5.70 Å². The molecular formula is C25H31N3O9S. The number of esters is 3. The molecule has 1 aromatic rings. The number of amidine groups is 1. The molecular weight excluding hydrogens is 518 g/mol. The van der Waals surface area contributed by atoms with Gasteiger partial charge in [-0.3, -0.25) is 0 Å². The van der Waals surface area contributed by atoms with Crippen LogP contribution < -0.4 is 9.64 Å². The molecule has 0 aliphatic carbocycles. The second kappa shape index (κ2) is 9.93. The van der Waals surface area contributed by atoms with Crippen molar-refractivity contribution in [2.45, 2.75) is 43.7 Å². The highest BCUT2D eigenvalue weighted by molar-refractivity contribution is 7.89. The second-order valence-corrected chi connectivity index (χ2v) is 11.2. The van der Waals surface area contributed by atoms with Crippen LogP contribution in [0.25, 0.3) is 0 Å². The smallest absolute Gasteiger partial charge is 0.357 e. The topological polar surface area (TPSA) is 141 Å². The third-order valence-corrected chi connectivity index (χ3v) is 9.22. The van der Waals surface area contributed by atoms with Gasteiger partial charge in [-0.15, -0.1) is 0 Å². The lowest BCUT2D eigenvalue weighted by molar-refractivity contribution is -0.144. The minimum atomic E-state index is -4.11. The lowest BCUT2D eigenvalue weighted by Crippen LogP contribution is -2.55. The average molecular weight is 550 g/mol. The van der Waals surface area contributed by atoms with Gasteiger partial charge in [-0.1, -0.05) is 13.3 Å². The Balaban J connectivity index is 2.13. The Morgan fingerprint density at radius 3 is 2.34 bits per heavy atom. The molecule has 0 aromatic heterocycles. The van der Waals surface area contributed by atoms with Crippen LogP contribution in [-0.2, 0) is 44.0 Å². The number of hydrogen-bond acceptors (Lipinski definition) is 11. The SMILES string of the molecule is CCCCS(=O)(=O)N1C2=NC(C(=O)OC)=C(C(=O)OC)[C@@H]3N(C)c4ccc(OC)cc4[C@]23C[C@H]1C(=O)OC. The van der Waals surface area contributed by atoms with Crippen LogP contribution >= 0.6 is 0 Å². The summed E-state index contributed by atoms with van der Waals surface area (Å²) >= 11 is 0. The number of benzene rings is 1. The number of unbranched alkanes of at least 4 members (excludes halogenated alkanes) is 1. The van der Waals surface area contributed by atoms with Crippen LogP contribution in [0, 0.1) is 0 Å². The van der Waals surface area contributed by atoms with Crippen molar-refractivity contribution < 1.29 is 41.7 Å². The fraction of sp³-hybridized carbons (Fsp3) is 0.520. The first-order chi connectivity index (χ1) is 18.0. The molecule has 38 heavy (non-hydrogen) atoms. The number of methoxy groups -OCH3 is 4. The van der Waals surface area contributed by atoms with E-state index in [4.69, 9.17) is 18.9 Å². The highest BCUT2D eigenvalue weighted by atomic mass is 32.2. The average Bonchev–Trinajstić information content (AvgIpc) is 3.41. The van der Waals surface area contributed by atoms with Gasteiger partial charge in [-0.05, 0) is 36.6 Å². The summed E-state index contributed by atoms with van der Waals surface area (Å²) < 4.78 is 49.0. The number of nitrogens with zero attached hydrogens (tertiary/aromatic N) is 3. The number of aliphatic imine (C=N–C) groups is 1. The number of ether oxygens (including phenoxy) is 4. The molecule has 1 saturated heterocycles. The third-order valence-electron chi connectivity index (χ3n) is 7.38. The molecule has 0 amide bonds. The first-order valence-electron chi connectivity index (χ1n) is 12.0. The summed E-state index contributed by atoms with van der Waals surface area (Å²) in [6.07, 6.45) is 0.848. The zero-order chi connectivity index (χ0) is 28.0. The minimum absolute atomic E-state index is 0.0547. The molecule has 4 rings (SSSR count). The van der Waals surface area contributed by atoms with Crippen molar-refractivity contribution in [3.63, 3.8) is 0 Å². The number of sulfonamides is 1. The molecule has 1 fully saturated rings. The van der Waals surface area contributed by atoms with Gasteiger partial charge in [0.1, 0.15) is 17.6 Å². The van der Waals surface area contributed by atoms with Crippen molar-refractivity contribution in [3.8, 4) is 5.75 Å². The largest absolute Gasteiger partial charge is 0.497 e. The fourth-order valence-corrected chi connectivity index (χ4v) is 7.60. The maximum absolute atomic E-state index is 13.8. The summed E-state index contributed by atoms with van der Waals surface area (Å²) in [5.41, 5.74) is -0.583. The van der Waals surface area contributed by atoms with Gasteiger partial charge >= 0.3 is 17.9 Å². The Labute approximate surface area is 221 Å². The van der Waals surface area contributed by atoms with Crippen molar-refractivity contribution in [3.05, 3.63) is 35.0 Å². The highest BCUT2D eigenvalue weighted by Crippen LogP contribution is 2.58. The van der Waals surface area contributed by atoms with Gasteiger partial charge in [0.05, 0.1) is 51.2 Å². The van der Waals surface area contributed by atoms with Crippen LogP contribution in [0.15, 0.2) is 34.5 Å². The number of hydrogen-bond donors (Lipinski definition) is 0. The fourth-order valence-electron chi connectivity index (χ4n) is 5.73. The van der Waals surface area contributed by atoms with Gasteiger partial charge in [0, 0.05) is 12.7 Å². The maximum Gasteiger partial charge on any atom is 0.357 e. The molecule has 3 heterocycles. The Morgan fingerprint density at radius 2 is 1.76 bits per heavy atom. The summed E-state index contributed by atoms with van der Waals surface area (Å²) in [5, 5.41) is 0. The van der Waals surface area contributed by atoms with E-state index >= 15 is 0 Å². The molecule has 0 radical (unpaired) electrons. The van der Waals surface area contributed by atoms with Crippen LogP contribution in [0.2, 0.25) is 0 Å². The predicted octanol–water partition coefficient (Wildman–Crippen LogP) is 1.14. The van der Waals surface area contributed by atoms with Crippen molar-refractivity contribution >= 4 is 39.5 Å². The zero-order valence-electron chi connectivity index (χ0n) is 22.1. The quantitative estimate of drug-likeness (QED) is 0.342. The highest BCUT2D eigenvalue weighted by Gasteiger charge is 2.68. The standard InChI is InChI=1S/C25H31N3O9S/c1-7-8-11-38(32,33)28-17(21(29)35-4)13-25-15-12-14(34-3)9-10-16(15)27(2)20(25)18(22(30)36-5)19(23(31)37-6)26-24(25)28/h9-10,12,17,20H,7-8,11,13H2,1-6H3/t17-,20-,25-/m0/s1. The van der Waals surface area contributed by atoms with E-state index in [9.17, 15) is 22.8 Å². The van der Waals surface area contributed by atoms with Crippen molar-refractivity contribution in [2.75, 3.05) is 46.1 Å². The molecule has 0 N–H and O–H groups in total. The minimum Gasteiger partial charge on any atom is -0.497 e. The Kier molecular flexibility index (Phi) is 7.17. The number of carbonyl (C=O) groups excluding carboxylic acids is 3. The molecule has 0 bridgehead atoms. The van der Waals surface area contributed by atoms with Gasteiger partial charge in [-0.25, -0.2) is 32.1 Å². The molecule has 0 unspecified atom stereocenters. The van der Waals surface area contributed by atoms with Crippen LogP contribution in [-0.4, -0.2) is 89.8 Å². The lowest BCUT2D eigenvalue weighted by Gasteiger charge is -2.39. The molecule has 13 heteroatoms. The van der Waals surface area contributed by atoms with E-state index in [0.29, 0.717) is 29.8 Å². The van der Waals surface area contributed by atoms with Gasteiger partial charge < -0.3 is 23.8 Å².